The summed E-state index contributed by atoms with van der Waals surface area (Å²) in [7, 11) is 0. The van der Waals surface area contributed by atoms with Gasteiger partial charge in [0.25, 0.3) is 5.91 Å². The number of para-hydroxylation sites is 1. The summed E-state index contributed by atoms with van der Waals surface area (Å²) in [6.07, 6.45) is 4.05. The molecule has 0 aromatic heterocycles. The highest BCUT2D eigenvalue weighted by atomic mass is 32.2. The number of hydrogen-bond donors (Lipinski definition) is 1. The summed E-state index contributed by atoms with van der Waals surface area (Å²) in [4.78, 5) is 19.8. The van der Waals surface area contributed by atoms with E-state index < -0.39 is 0 Å². The summed E-state index contributed by atoms with van der Waals surface area (Å²) >= 11 is 1.35. The molecule has 2 aromatic carbocycles. The zero-order valence-electron chi connectivity index (χ0n) is 16.6. The van der Waals surface area contributed by atoms with Crippen LogP contribution in [0.1, 0.15) is 25.0 Å². The maximum absolute atomic E-state index is 12.9. The summed E-state index contributed by atoms with van der Waals surface area (Å²) in [5, 5.41) is 11.0. The van der Waals surface area contributed by atoms with E-state index in [9.17, 15) is 9.90 Å². The number of carbonyl (C=O) groups is 1. The fourth-order valence-electron chi connectivity index (χ4n) is 2.98. The summed E-state index contributed by atoms with van der Waals surface area (Å²) in [5.41, 5.74) is 2.30. The lowest BCUT2D eigenvalue weighted by Gasteiger charge is -2.12. The van der Waals surface area contributed by atoms with Gasteiger partial charge in [0.2, 0.25) is 0 Å². The minimum Gasteiger partial charge on any atom is -0.504 e. The van der Waals surface area contributed by atoms with Crippen LogP contribution in [0, 0.1) is 0 Å². The topological polar surface area (TPSA) is 62.1 Å². The molecule has 2 aromatic rings. The number of aliphatic imine (C=N–C) groups is 1. The predicted octanol–water partition coefficient (Wildman–Crippen LogP) is 5.14. The lowest BCUT2D eigenvalue weighted by molar-refractivity contribution is -0.122. The van der Waals surface area contributed by atoms with E-state index in [2.05, 4.69) is 11.6 Å². The number of allylic oxidation sites excluding steroid dienone is 1. The second kappa shape index (κ2) is 9.47. The number of amidine groups is 1. The predicted molar refractivity (Wildman–Crippen MR) is 120 cm³/mol. The van der Waals surface area contributed by atoms with E-state index in [1.807, 2.05) is 56.3 Å². The zero-order valence-corrected chi connectivity index (χ0v) is 17.4. The molecule has 1 amide bonds. The summed E-state index contributed by atoms with van der Waals surface area (Å²) in [5.74, 6) is 0.434. The first-order chi connectivity index (χ1) is 14.1. The molecule has 1 aliphatic rings. The number of aromatic hydroxyl groups is 1. The maximum atomic E-state index is 12.9. The SMILES string of the molecule is C=CCc1cc(/C=C2/SC(=Nc3ccccc3)N(CC)C2=O)cc(OCC)c1O. The lowest BCUT2D eigenvalue weighted by atomic mass is 10.1. The van der Waals surface area contributed by atoms with Crippen LogP contribution >= 0.6 is 11.8 Å². The Bertz CT molecular complexity index is 968. The summed E-state index contributed by atoms with van der Waals surface area (Å²) < 4.78 is 5.56. The number of benzene rings is 2. The second-order valence-electron chi connectivity index (χ2n) is 6.34. The maximum Gasteiger partial charge on any atom is 0.266 e. The standard InChI is InChI=1S/C23H24N2O3S/c1-4-10-17-13-16(14-19(21(17)26)28-6-3)15-20-22(27)25(5-2)23(29-20)24-18-11-8-7-9-12-18/h4,7-9,11-15,26H,1,5-6,10H2,2-3H3/b20-15+,24-23?. The van der Waals surface area contributed by atoms with Crippen LogP contribution in [0.4, 0.5) is 5.69 Å². The number of nitrogens with zero attached hydrogens (tertiary/aromatic N) is 2. The van der Waals surface area contributed by atoms with Crippen LogP contribution in [0.15, 0.2) is 65.0 Å². The van der Waals surface area contributed by atoms with Crippen LogP contribution in [-0.2, 0) is 11.2 Å². The van der Waals surface area contributed by atoms with E-state index in [4.69, 9.17) is 4.74 Å². The zero-order chi connectivity index (χ0) is 20.8. The Kier molecular flexibility index (Phi) is 6.77. The van der Waals surface area contributed by atoms with Crippen LogP contribution in [-0.4, -0.2) is 34.2 Å². The molecule has 0 spiro atoms. The van der Waals surface area contributed by atoms with Crippen molar-refractivity contribution < 1.29 is 14.6 Å². The lowest BCUT2D eigenvalue weighted by Crippen LogP contribution is -2.28. The van der Waals surface area contributed by atoms with Crippen molar-refractivity contribution in [3.05, 3.63) is 71.2 Å². The summed E-state index contributed by atoms with van der Waals surface area (Å²) in [6.45, 7) is 8.50. The van der Waals surface area contributed by atoms with Crippen molar-refractivity contribution in [2.24, 2.45) is 4.99 Å². The first kappa shape index (κ1) is 20.7. The average Bonchev–Trinajstić information content (AvgIpc) is 3.00. The molecular weight excluding hydrogens is 384 g/mol. The van der Waals surface area contributed by atoms with Crippen molar-refractivity contribution in [3.63, 3.8) is 0 Å². The van der Waals surface area contributed by atoms with Gasteiger partial charge < -0.3 is 9.84 Å². The number of phenols is 1. The fourth-order valence-corrected chi connectivity index (χ4v) is 4.05. The molecule has 5 nitrogen and oxygen atoms in total. The van der Waals surface area contributed by atoms with Gasteiger partial charge in [-0.2, -0.15) is 0 Å². The highest BCUT2D eigenvalue weighted by Gasteiger charge is 2.32. The third-order valence-corrected chi connectivity index (χ3v) is 5.33. The Morgan fingerprint density at radius 1 is 1.24 bits per heavy atom. The number of phenolic OH excluding ortho intramolecular Hbond substituents is 1. The molecular formula is C23H24N2O3S. The number of likely N-dealkylation sites (N-methyl/N-ethyl adjacent to an activating group) is 1. The molecule has 1 fully saturated rings. The van der Waals surface area contributed by atoms with E-state index in [1.165, 1.54) is 11.8 Å². The Hall–Kier alpha value is -2.99. The van der Waals surface area contributed by atoms with Crippen molar-refractivity contribution in [1.82, 2.24) is 4.90 Å². The largest absolute Gasteiger partial charge is 0.504 e. The van der Waals surface area contributed by atoms with Crippen LogP contribution < -0.4 is 4.74 Å². The van der Waals surface area contributed by atoms with Crippen molar-refractivity contribution in [2.75, 3.05) is 13.2 Å². The number of amides is 1. The highest BCUT2D eigenvalue weighted by Crippen LogP contribution is 2.37. The first-order valence-corrected chi connectivity index (χ1v) is 10.3. The Labute approximate surface area is 175 Å². The van der Waals surface area contributed by atoms with Gasteiger partial charge in [-0.3, -0.25) is 9.69 Å². The monoisotopic (exact) mass is 408 g/mol. The van der Waals surface area contributed by atoms with Gasteiger partial charge >= 0.3 is 0 Å². The Balaban J connectivity index is 1.98. The van der Waals surface area contributed by atoms with Crippen molar-refractivity contribution in [3.8, 4) is 11.5 Å². The van der Waals surface area contributed by atoms with Crippen LogP contribution in [0.5, 0.6) is 11.5 Å². The molecule has 1 saturated heterocycles. The van der Waals surface area contributed by atoms with Gasteiger partial charge in [-0.15, -0.1) is 6.58 Å². The van der Waals surface area contributed by atoms with Gasteiger partial charge in [0.1, 0.15) is 0 Å². The minimum atomic E-state index is -0.0801. The van der Waals surface area contributed by atoms with Gasteiger partial charge in [-0.05, 0) is 67.9 Å². The molecule has 150 valence electrons. The Morgan fingerprint density at radius 2 is 2.00 bits per heavy atom. The molecule has 0 saturated carbocycles. The smallest absolute Gasteiger partial charge is 0.266 e. The van der Waals surface area contributed by atoms with Crippen LogP contribution in [0.25, 0.3) is 6.08 Å². The third-order valence-electron chi connectivity index (χ3n) is 4.32. The van der Waals surface area contributed by atoms with Gasteiger partial charge in [-0.1, -0.05) is 24.3 Å². The quantitative estimate of drug-likeness (QED) is 0.509. The molecule has 0 unspecified atom stereocenters. The van der Waals surface area contributed by atoms with Crippen molar-refractivity contribution >= 4 is 34.6 Å². The highest BCUT2D eigenvalue weighted by molar-refractivity contribution is 8.18. The fraction of sp³-hybridized carbons (Fsp3) is 0.217. The van der Waals surface area contributed by atoms with Crippen LogP contribution in [0.2, 0.25) is 0 Å². The number of ether oxygens (including phenoxy) is 1. The average molecular weight is 409 g/mol. The van der Waals surface area contributed by atoms with Gasteiger partial charge in [0.05, 0.1) is 17.2 Å². The van der Waals surface area contributed by atoms with E-state index >= 15 is 0 Å². The molecule has 0 bridgehead atoms. The Morgan fingerprint density at radius 3 is 2.66 bits per heavy atom. The molecule has 6 heteroatoms. The molecule has 29 heavy (non-hydrogen) atoms. The summed E-state index contributed by atoms with van der Waals surface area (Å²) in [6, 6.07) is 13.2. The number of rotatable bonds is 7. The molecule has 1 aliphatic heterocycles. The minimum absolute atomic E-state index is 0.0801. The molecule has 0 radical (unpaired) electrons. The molecule has 1 heterocycles. The molecule has 0 aliphatic carbocycles. The van der Waals surface area contributed by atoms with Crippen molar-refractivity contribution in [2.45, 2.75) is 20.3 Å². The number of hydrogen-bond acceptors (Lipinski definition) is 5. The molecule has 1 N–H and O–H groups in total. The number of carbonyl (C=O) groups excluding carboxylic acids is 1. The van der Waals surface area contributed by atoms with Gasteiger partial charge in [0, 0.05) is 12.1 Å². The second-order valence-corrected chi connectivity index (χ2v) is 7.35. The van der Waals surface area contributed by atoms with Crippen molar-refractivity contribution in [1.29, 1.82) is 0 Å². The normalized spacial score (nSPS) is 16.6. The number of thioether (sulfide) groups is 1. The first-order valence-electron chi connectivity index (χ1n) is 9.52. The molecule has 3 rings (SSSR count). The third kappa shape index (κ3) is 4.71. The van der Waals surface area contributed by atoms with Gasteiger partial charge in [0.15, 0.2) is 16.7 Å². The van der Waals surface area contributed by atoms with E-state index in [-0.39, 0.29) is 11.7 Å². The van der Waals surface area contributed by atoms with E-state index in [1.54, 1.807) is 17.0 Å². The van der Waals surface area contributed by atoms with E-state index in [0.29, 0.717) is 41.0 Å². The molecule has 0 atom stereocenters. The van der Waals surface area contributed by atoms with Crippen LogP contribution in [0.3, 0.4) is 0 Å². The van der Waals surface area contributed by atoms with Gasteiger partial charge in [-0.25, -0.2) is 4.99 Å². The van der Waals surface area contributed by atoms with E-state index in [0.717, 1.165) is 11.3 Å².